The summed E-state index contributed by atoms with van der Waals surface area (Å²) in [6.07, 6.45) is 2.70. The standard InChI is InChI=1S/C8H10N2O4/c11-6-3-4-7(12)10(6)9-5-1-2-8(13)14/h3-4,9H,1-2,5H2,(H,13,14). The Bertz CT molecular complexity index is 280. The van der Waals surface area contributed by atoms with E-state index in [9.17, 15) is 14.4 Å². The van der Waals surface area contributed by atoms with E-state index >= 15 is 0 Å². The molecule has 2 N–H and O–H groups in total. The van der Waals surface area contributed by atoms with Crippen LogP contribution in [0.15, 0.2) is 12.2 Å². The van der Waals surface area contributed by atoms with Crippen LogP contribution in [0.1, 0.15) is 12.8 Å². The molecule has 6 nitrogen and oxygen atoms in total. The van der Waals surface area contributed by atoms with E-state index in [-0.39, 0.29) is 13.0 Å². The fraction of sp³-hybridized carbons (Fsp3) is 0.375. The molecule has 0 saturated heterocycles. The summed E-state index contributed by atoms with van der Waals surface area (Å²) in [5.74, 6) is -1.75. The molecule has 0 fully saturated rings. The van der Waals surface area contributed by atoms with Crippen molar-refractivity contribution in [3.63, 3.8) is 0 Å². The minimum atomic E-state index is -0.899. The molecule has 0 spiro atoms. The number of nitrogens with zero attached hydrogens (tertiary/aromatic N) is 1. The van der Waals surface area contributed by atoms with Gasteiger partial charge in [-0.05, 0) is 6.42 Å². The van der Waals surface area contributed by atoms with Gasteiger partial charge in [0, 0.05) is 25.1 Å². The fourth-order valence-corrected chi connectivity index (χ4v) is 0.987. The SMILES string of the molecule is O=C(O)CCCNN1C(=O)C=CC1=O. The van der Waals surface area contributed by atoms with Crippen molar-refractivity contribution in [1.29, 1.82) is 0 Å². The molecule has 0 bridgehead atoms. The van der Waals surface area contributed by atoms with E-state index < -0.39 is 17.8 Å². The van der Waals surface area contributed by atoms with E-state index in [1.807, 2.05) is 0 Å². The van der Waals surface area contributed by atoms with Crippen molar-refractivity contribution in [3.05, 3.63) is 12.2 Å². The van der Waals surface area contributed by atoms with Gasteiger partial charge in [0.1, 0.15) is 0 Å². The van der Waals surface area contributed by atoms with Crippen LogP contribution in [0.5, 0.6) is 0 Å². The lowest BCUT2D eigenvalue weighted by molar-refractivity contribution is -0.140. The van der Waals surface area contributed by atoms with Gasteiger partial charge in [0.25, 0.3) is 11.8 Å². The zero-order valence-corrected chi connectivity index (χ0v) is 7.40. The van der Waals surface area contributed by atoms with Crippen molar-refractivity contribution in [2.75, 3.05) is 6.54 Å². The number of carbonyl (C=O) groups excluding carboxylic acids is 2. The van der Waals surface area contributed by atoms with E-state index in [2.05, 4.69) is 5.43 Å². The minimum Gasteiger partial charge on any atom is -0.481 e. The Labute approximate surface area is 80.2 Å². The second kappa shape index (κ2) is 4.52. The predicted molar refractivity (Wildman–Crippen MR) is 45.9 cm³/mol. The summed E-state index contributed by atoms with van der Waals surface area (Å²) in [7, 11) is 0. The highest BCUT2D eigenvalue weighted by molar-refractivity contribution is 6.12. The molecule has 2 amide bonds. The Morgan fingerprint density at radius 3 is 2.43 bits per heavy atom. The van der Waals surface area contributed by atoms with Crippen molar-refractivity contribution in [2.45, 2.75) is 12.8 Å². The number of nitrogens with one attached hydrogen (secondary N) is 1. The monoisotopic (exact) mass is 198 g/mol. The maximum absolute atomic E-state index is 11.0. The van der Waals surface area contributed by atoms with E-state index in [1.165, 1.54) is 0 Å². The van der Waals surface area contributed by atoms with Gasteiger partial charge in [0.05, 0.1) is 0 Å². The van der Waals surface area contributed by atoms with Gasteiger partial charge in [-0.3, -0.25) is 14.4 Å². The van der Waals surface area contributed by atoms with E-state index in [0.717, 1.165) is 17.2 Å². The number of carboxylic acid groups (broad SMARTS) is 1. The molecule has 14 heavy (non-hydrogen) atoms. The molecule has 76 valence electrons. The number of imide groups is 1. The first-order valence-corrected chi connectivity index (χ1v) is 4.12. The number of hydrogen-bond donors (Lipinski definition) is 2. The van der Waals surface area contributed by atoms with E-state index in [4.69, 9.17) is 5.11 Å². The molecule has 0 aromatic carbocycles. The van der Waals surface area contributed by atoms with Gasteiger partial charge in [0.15, 0.2) is 0 Å². The molecule has 0 aromatic heterocycles. The lowest BCUT2D eigenvalue weighted by atomic mass is 10.3. The van der Waals surface area contributed by atoms with Crippen LogP contribution in [0.3, 0.4) is 0 Å². The van der Waals surface area contributed by atoms with Crippen molar-refractivity contribution in [2.24, 2.45) is 0 Å². The molecule has 1 aliphatic heterocycles. The number of hydrogen-bond acceptors (Lipinski definition) is 4. The maximum atomic E-state index is 11.0. The lowest BCUT2D eigenvalue weighted by Gasteiger charge is -2.14. The highest BCUT2D eigenvalue weighted by Crippen LogP contribution is 1.99. The highest BCUT2D eigenvalue weighted by atomic mass is 16.4. The third-order valence-electron chi connectivity index (χ3n) is 1.65. The number of carbonyl (C=O) groups is 3. The number of rotatable bonds is 5. The summed E-state index contributed by atoms with van der Waals surface area (Å²) in [6, 6.07) is 0. The van der Waals surface area contributed by atoms with Gasteiger partial charge >= 0.3 is 5.97 Å². The Balaban J connectivity index is 2.22. The smallest absolute Gasteiger partial charge is 0.303 e. The molecule has 0 aromatic rings. The zero-order valence-electron chi connectivity index (χ0n) is 7.40. The molecular formula is C8H10N2O4. The summed E-state index contributed by atoms with van der Waals surface area (Å²) >= 11 is 0. The average Bonchev–Trinajstić information content (AvgIpc) is 2.42. The fourth-order valence-electron chi connectivity index (χ4n) is 0.987. The molecule has 0 radical (unpaired) electrons. The first-order valence-electron chi connectivity index (χ1n) is 4.12. The van der Waals surface area contributed by atoms with Crippen LogP contribution in [0.25, 0.3) is 0 Å². The molecule has 0 aliphatic carbocycles. The van der Waals surface area contributed by atoms with Crippen molar-refractivity contribution < 1.29 is 19.5 Å². The first kappa shape index (κ1) is 10.4. The number of aliphatic carboxylic acids is 1. The normalized spacial score (nSPS) is 15.3. The van der Waals surface area contributed by atoms with Crippen LogP contribution in [-0.2, 0) is 14.4 Å². The molecule has 0 saturated carbocycles. The topological polar surface area (TPSA) is 86.7 Å². The van der Waals surface area contributed by atoms with Gasteiger partial charge in [0.2, 0.25) is 0 Å². The number of hydrazine groups is 1. The second-order valence-electron chi connectivity index (χ2n) is 2.75. The van der Waals surface area contributed by atoms with Crippen molar-refractivity contribution in [1.82, 2.24) is 10.4 Å². The maximum Gasteiger partial charge on any atom is 0.303 e. The van der Waals surface area contributed by atoms with Gasteiger partial charge < -0.3 is 5.11 Å². The van der Waals surface area contributed by atoms with E-state index in [1.54, 1.807) is 0 Å². The molecule has 0 atom stereocenters. The van der Waals surface area contributed by atoms with Gasteiger partial charge in [-0.2, -0.15) is 0 Å². The molecule has 1 rings (SSSR count). The predicted octanol–water partition coefficient (Wildman–Crippen LogP) is -0.719. The second-order valence-corrected chi connectivity index (χ2v) is 2.75. The van der Waals surface area contributed by atoms with Gasteiger partial charge in [-0.15, -0.1) is 0 Å². The quantitative estimate of drug-likeness (QED) is 0.449. The average molecular weight is 198 g/mol. The molecule has 6 heteroatoms. The largest absolute Gasteiger partial charge is 0.481 e. The van der Waals surface area contributed by atoms with Gasteiger partial charge in [-0.25, -0.2) is 10.4 Å². The number of amides is 2. The minimum absolute atomic E-state index is 0.0106. The molecule has 1 aliphatic rings. The Morgan fingerprint density at radius 1 is 1.36 bits per heavy atom. The summed E-state index contributed by atoms with van der Waals surface area (Å²) in [5.41, 5.74) is 2.54. The number of carboxylic acids is 1. The molecular weight excluding hydrogens is 188 g/mol. The molecule has 0 unspecified atom stereocenters. The van der Waals surface area contributed by atoms with Crippen LogP contribution in [0, 0.1) is 0 Å². The van der Waals surface area contributed by atoms with E-state index in [0.29, 0.717) is 6.42 Å². The Hall–Kier alpha value is -1.69. The molecule has 1 heterocycles. The summed E-state index contributed by atoms with van der Waals surface area (Å²) in [5, 5.41) is 9.18. The summed E-state index contributed by atoms with van der Waals surface area (Å²) in [4.78, 5) is 32.0. The van der Waals surface area contributed by atoms with Crippen LogP contribution in [0.4, 0.5) is 0 Å². The third-order valence-corrected chi connectivity index (χ3v) is 1.65. The Kier molecular flexibility index (Phi) is 3.35. The van der Waals surface area contributed by atoms with Crippen LogP contribution < -0.4 is 5.43 Å². The van der Waals surface area contributed by atoms with Crippen LogP contribution >= 0.6 is 0 Å². The van der Waals surface area contributed by atoms with Crippen molar-refractivity contribution >= 4 is 17.8 Å². The first-order chi connectivity index (χ1) is 6.61. The Morgan fingerprint density at radius 2 is 1.93 bits per heavy atom. The van der Waals surface area contributed by atoms with Crippen molar-refractivity contribution in [3.8, 4) is 0 Å². The van der Waals surface area contributed by atoms with Crippen LogP contribution in [-0.4, -0.2) is 34.4 Å². The summed E-state index contributed by atoms with van der Waals surface area (Å²) < 4.78 is 0. The van der Waals surface area contributed by atoms with Gasteiger partial charge in [-0.1, -0.05) is 0 Å². The zero-order chi connectivity index (χ0) is 10.6. The highest BCUT2D eigenvalue weighted by Gasteiger charge is 2.22. The van der Waals surface area contributed by atoms with Crippen LogP contribution in [0.2, 0.25) is 0 Å². The third kappa shape index (κ3) is 2.67. The lowest BCUT2D eigenvalue weighted by Crippen LogP contribution is -2.43. The summed E-state index contributed by atoms with van der Waals surface area (Å²) in [6.45, 7) is 0.283.